The molecule has 5 rings (SSSR count). The molecule has 0 aliphatic rings. The minimum Gasteiger partial charge on any atom is -0.345 e. The summed E-state index contributed by atoms with van der Waals surface area (Å²) in [5, 5.41) is 7.28. The molecular weight excluding hydrogens is 446 g/mol. The summed E-state index contributed by atoms with van der Waals surface area (Å²) in [6.07, 6.45) is 4.82. The number of hydrogen-bond donors (Lipinski definition) is 2. The molecule has 5 aromatic rings. The molecule has 0 saturated heterocycles. The highest BCUT2D eigenvalue weighted by Gasteiger charge is 2.16. The Morgan fingerprint density at radius 1 is 1.15 bits per heavy atom. The molecule has 0 spiro atoms. The first kappa shape index (κ1) is 21.2. The largest absolute Gasteiger partial charge is 0.345 e. The van der Waals surface area contributed by atoms with Gasteiger partial charge in [-0.25, -0.2) is 13.8 Å². The minimum absolute atomic E-state index is 0.0230. The van der Waals surface area contributed by atoms with Crippen LogP contribution in [0.25, 0.3) is 22.5 Å². The summed E-state index contributed by atoms with van der Waals surface area (Å²) < 4.78 is 33.1. The lowest BCUT2D eigenvalue weighted by molar-refractivity contribution is 0.0947. The number of aromatic amines is 1. The van der Waals surface area contributed by atoms with Crippen molar-refractivity contribution >= 4 is 16.9 Å². The fourth-order valence-corrected chi connectivity index (χ4v) is 3.49. The molecule has 0 saturated carbocycles. The smallest absolute Gasteiger partial charge is 0.263 e. The second-order valence-electron chi connectivity index (χ2n) is 7.40. The van der Waals surface area contributed by atoms with Crippen molar-refractivity contribution in [2.24, 2.45) is 0 Å². The van der Waals surface area contributed by atoms with E-state index in [1.54, 1.807) is 18.5 Å². The summed E-state index contributed by atoms with van der Waals surface area (Å²) in [6, 6.07) is 9.91. The van der Waals surface area contributed by atoms with E-state index >= 15 is 0 Å². The van der Waals surface area contributed by atoms with E-state index < -0.39 is 23.1 Å². The molecule has 9 nitrogen and oxygen atoms in total. The van der Waals surface area contributed by atoms with Crippen molar-refractivity contribution < 1.29 is 18.1 Å². The average molecular weight is 462 g/mol. The fourth-order valence-electron chi connectivity index (χ4n) is 3.49. The maximum atomic E-state index is 13.5. The Balaban J connectivity index is 1.29. The standard InChI is InChI=1S/C23H16F2N6O3/c24-17-6-5-13(9-18(17)25)12-31-8-2-4-15(23(31)33)21(32)28-11-19-29-22(34-30-19)16-10-27-20-14(16)3-1-7-26-20/h1-10H,11-12H2,(H,26,27)(H,28,32). The normalized spacial score (nSPS) is 11.1. The Morgan fingerprint density at radius 3 is 2.88 bits per heavy atom. The highest BCUT2D eigenvalue weighted by Crippen LogP contribution is 2.25. The molecule has 0 aliphatic carbocycles. The number of halogens is 2. The summed E-state index contributed by atoms with van der Waals surface area (Å²) in [5.74, 6) is -2.14. The molecule has 0 fully saturated rings. The van der Waals surface area contributed by atoms with E-state index in [1.807, 2.05) is 6.07 Å². The van der Waals surface area contributed by atoms with E-state index in [2.05, 4.69) is 25.4 Å². The Labute approximate surface area is 190 Å². The maximum absolute atomic E-state index is 13.5. The van der Waals surface area contributed by atoms with Crippen LogP contribution < -0.4 is 10.9 Å². The number of benzene rings is 1. The Bertz CT molecular complexity index is 1570. The number of fused-ring (bicyclic) bond motifs is 1. The molecule has 0 radical (unpaired) electrons. The van der Waals surface area contributed by atoms with E-state index in [9.17, 15) is 18.4 Å². The number of amides is 1. The predicted octanol–water partition coefficient (Wildman–Crippen LogP) is 3.03. The second-order valence-corrected chi connectivity index (χ2v) is 7.40. The van der Waals surface area contributed by atoms with Crippen molar-refractivity contribution in [1.82, 2.24) is 30.0 Å². The molecule has 0 bridgehead atoms. The van der Waals surface area contributed by atoms with Crippen molar-refractivity contribution in [3.63, 3.8) is 0 Å². The third-order valence-corrected chi connectivity index (χ3v) is 5.16. The van der Waals surface area contributed by atoms with Crippen LogP contribution in [0, 0.1) is 11.6 Å². The lowest BCUT2D eigenvalue weighted by atomic mass is 10.2. The van der Waals surface area contributed by atoms with Gasteiger partial charge in [0.05, 0.1) is 18.7 Å². The molecule has 0 atom stereocenters. The van der Waals surface area contributed by atoms with E-state index in [0.717, 1.165) is 17.5 Å². The fraction of sp³-hybridized carbons (Fsp3) is 0.0870. The number of rotatable bonds is 6. The van der Waals surface area contributed by atoms with Crippen LogP contribution in [0.3, 0.4) is 0 Å². The van der Waals surface area contributed by atoms with Gasteiger partial charge in [-0.3, -0.25) is 9.59 Å². The van der Waals surface area contributed by atoms with Crippen molar-refractivity contribution in [3.8, 4) is 11.5 Å². The predicted molar refractivity (Wildman–Crippen MR) is 117 cm³/mol. The lowest BCUT2D eigenvalue weighted by Gasteiger charge is -2.08. The third kappa shape index (κ3) is 4.06. The SMILES string of the molecule is O=C(NCc1noc(-c2c[nH]c3ncccc23)n1)c1cccn(Cc2ccc(F)c(F)c2)c1=O. The summed E-state index contributed by atoms with van der Waals surface area (Å²) in [5.41, 5.74) is 1.04. The van der Waals surface area contributed by atoms with Gasteiger partial charge >= 0.3 is 0 Å². The minimum atomic E-state index is -1.01. The van der Waals surface area contributed by atoms with Crippen LogP contribution in [0.5, 0.6) is 0 Å². The number of aromatic nitrogens is 5. The van der Waals surface area contributed by atoms with Crippen molar-refractivity contribution in [1.29, 1.82) is 0 Å². The molecule has 4 aromatic heterocycles. The first-order valence-corrected chi connectivity index (χ1v) is 10.2. The van der Waals surface area contributed by atoms with E-state index in [4.69, 9.17) is 4.52 Å². The number of pyridine rings is 2. The van der Waals surface area contributed by atoms with Crippen molar-refractivity contribution in [2.75, 3.05) is 0 Å². The van der Waals surface area contributed by atoms with Gasteiger partial charge in [0, 0.05) is 24.0 Å². The van der Waals surface area contributed by atoms with Gasteiger partial charge in [-0.2, -0.15) is 4.98 Å². The van der Waals surface area contributed by atoms with Gasteiger partial charge in [0.15, 0.2) is 17.5 Å². The quantitative estimate of drug-likeness (QED) is 0.400. The molecule has 170 valence electrons. The molecule has 1 aromatic carbocycles. The van der Waals surface area contributed by atoms with E-state index in [1.165, 1.54) is 29.0 Å². The van der Waals surface area contributed by atoms with Crippen LogP contribution in [0.15, 0.2) is 70.4 Å². The maximum Gasteiger partial charge on any atom is 0.263 e. The summed E-state index contributed by atoms with van der Waals surface area (Å²) in [4.78, 5) is 36.9. The van der Waals surface area contributed by atoms with Crippen LogP contribution in [0.2, 0.25) is 0 Å². The zero-order valence-electron chi connectivity index (χ0n) is 17.5. The third-order valence-electron chi connectivity index (χ3n) is 5.16. The van der Waals surface area contributed by atoms with Crippen molar-refractivity contribution in [2.45, 2.75) is 13.1 Å². The number of H-pyrrole nitrogens is 1. The van der Waals surface area contributed by atoms with Crippen LogP contribution in [0.1, 0.15) is 21.7 Å². The van der Waals surface area contributed by atoms with Gasteiger partial charge in [-0.1, -0.05) is 11.2 Å². The Morgan fingerprint density at radius 2 is 2.03 bits per heavy atom. The van der Waals surface area contributed by atoms with Gasteiger partial charge < -0.3 is 19.4 Å². The zero-order chi connectivity index (χ0) is 23.7. The molecule has 0 aliphatic heterocycles. The summed E-state index contributed by atoms with van der Waals surface area (Å²) in [7, 11) is 0. The van der Waals surface area contributed by atoms with Gasteiger partial charge in [0.2, 0.25) is 0 Å². The van der Waals surface area contributed by atoms with Crippen LogP contribution in [-0.4, -0.2) is 30.6 Å². The molecule has 34 heavy (non-hydrogen) atoms. The van der Waals surface area contributed by atoms with Gasteiger partial charge in [0.1, 0.15) is 11.2 Å². The Kier molecular flexibility index (Phi) is 5.42. The first-order chi connectivity index (χ1) is 16.5. The number of nitrogens with one attached hydrogen (secondary N) is 2. The summed E-state index contributed by atoms with van der Waals surface area (Å²) in [6.45, 7) is -0.0920. The molecular formula is C23H16F2N6O3. The number of carbonyl (C=O) groups is 1. The second kappa shape index (κ2) is 8.70. The van der Waals surface area contributed by atoms with Crippen LogP contribution in [0.4, 0.5) is 8.78 Å². The highest BCUT2D eigenvalue weighted by atomic mass is 19.2. The molecule has 11 heteroatoms. The highest BCUT2D eigenvalue weighted by molar-refractivity contribution is 5.93. The van der Waals surface area contributed by atoms with E-state index in [0.29, 0.717) is 16.8 Å². The topological polar surface area (TPSA) is 119 Å². The number of nitrogens with zero attached hydrogens (tertiary/aromatic N) is 4. The van der Waals surface area contributed by atoms with Gasteiger partial charge in [0.25, 0.3) is 17.4 Å². The van der Waals surface area contributed by atoms with Crippen LogP contribution in [-0.2, 0) is 13.1 Å². The van der Waals surface area contributed by atoms with E-state index in [-0.39, 0.29) is 30.4 Å². The zero-order valence-corrected chi connectivity index (χ0v) is 17.5. The number of carbonyl (C=O) groups excluding carboxylic acids is 1. The molecule has 2 N–H and O–H groups in total. The first-order valence-electron chi connectivity index (χ1n) is 10.2. The number of hydrogen-bond acceptors (Lipinski definition) is 6. The average Bonchev–Trinajstić information content (AvgIpc) is 3.48. The summed E-state index contributed by atoms with van der Waals surface area (Å²) >= 11 is 0. The Hall–Kier alpha value is -4.67. The molecule has 4 heterocycles. The van der Waals surface area contributed by atoms with Crippen molar-refractivity contribution in [3.05, 3.63) is 100.0 Å². The van der Waals surface area contributed by atoms with Gasteiger partial charge in [-0.15, -0.1) is 0 Å². The van der Waals surface area contributed by atoms with Gasteiger partial charge in [-0.05, 0) is 42.0 Å². The lowest BCUT2D eigenvalue weighted by Crippen LogP contribution is -2.32. The monoisotopic (exact) mass is 462 g/mol. The molecule has 1 amide bonds. The molecule has 0 unspecified atom stereocenters. The van der Waals surface area contributed by atoms with Crippen LogP contribution >= 0.6 is 0 Å².